The van der Waals surface area contributed by atoms with Crippen LogP contribution in [-0.2, 0) is 4.74 Å². The molecule has 0 aliphatic heterocycles. The molecular weight excluding hydrogens is 236 g/mol. The maximum Gasteiger partial charge on any atom is 0.159 e. The Morgan fingerprint density at radius 2 is 2.06 bits per heavy atom. The van der Waals surface area contributed by atoms with Crippen molar-refractivity contribution in [3.8, 4) is 0 Å². The van der Waals surface area contributed by atoms with E-state index in [1.54, 1.807) is 13.2 Å². The van der Waals surface area contributed by atoms with Gasteiger partial charge in [-0.1, -0.05) is 12.1 Å². The summed E-state index contributed by atoms with van der Waals surface area (Å²) >= 11 is 0. The molecule has 0 atom stereocenters. The molecule has 0 bridgehead atoms. The number of hydrogen-bond acceptors (Lipinski definition) is 2. The van der Waals surface area contributed by atoms with E-state index in [1.165, 1.54) is 6.07 Å². The third kappa shape index (κ3) is 4.94. The van der Waals surface area contributed by atoms with Gasteiger partial charge in [-0.25, -0.2) is 8.78 Å². The fourth-order valence-corrected chi connectivity index (χ4v) is 1.55. The van der Waals surface area contributed by atoms with Crippen LogP contribution in [0.1, 0.15) is 18.9 Å². The van der Waals surface area contributed by atoms with Crippen molar-refractivity contribution in [1.29, 1.82) is 0 Å². The second-order valence-electron chi connectivity index (χ2n) is 4.05. The number of allylic oxidation sites excluding steroid dienone is 1. The number of halogens is 2. The Bertz CT molecular complexity index is 405. The third-order valence-corrected chi connectivity index (χ3v) is 2.63. The van der Waals surface area contributed by atoms with Gasteiger partial charge in [-0.15, -0.1) is 0 Å². The lowest BCUT2D eigenvalue weighted by molar-refractivity contribution is 0.199. The number of methoxy groups -OCH3 is 1. The summed E-state index contributed by atoms with van der Waals surface area (Å²) in [7, 11) is 1.66. The molecule has 0 heterocycles. The van der Waals surface area contributed by atoms with Crippen LogP contribution in [0, 0.1) is 11.6 Å². The van der Waals surface area contributed by atoms with Crippen LogP contribution < -0.4 is 5.32 Å². The SMILES string of the molecule is COCCNCCC=C(C)c1ccc(F)c(F)c1. The van der Waals surface area contributed by atoms with E-state index in [0.717, 1.165) is 31.1 Å². The molecule has 0 amide bonds. The molecule has 0 spiro atoms. The van der Waals surface area contributed by atoms with Gasteiger partial charge >= 0.3 is 0 Å². The fourth-order valence-electron chi connectivity index (χ4n) is 1.55. The van der Waals surface area contributed by atoms with E-state index < -0.39 is 11.6 Å². The molecule has 100 valence electrons. The molecule has 0 aliphatic rings. The summed E-state index contributed by atoms with van der Waals surface area (Å²) in [6, 6.07) is 3.96. The van der Waals surface area contributed by atoms with Crippen molar-refractivity contribution in [2.75, 3.05) is 26.8 Å². The summed E-state index contributed by atoms with van der Waals surface area (Å²) in [5.74, 6) is -1.62. The Morgan fingerprint density at radius 3 is 2.72 bits per heavy atom. The topological polar surface area (TPSA) is 21.3 Å². The molecule has 2 nitrogen and oxygen atoms in total. The lowest BCUT2D eigenvalue weighted by Gasteiger charge is -2.04. The number of ether oxygens (including phenoxy) is 1. The molecule has 18 heavy (non-hydrogen) atoms. The minimum atomic E-state index is -0.812. The lowest BCUT2D eigenvalue weighted by Crippen LogP contribution is -2.19. The van der Waals surface area contributed by atoms with Gasteiger partial charge in [-0.05, 0) is 43.2 Å². The summed E-state index contributed by atoms with van der Waals surface area (Å²) < 4.78 is 30.7. The van der Waals surface area contributed by atoms with E-state index in [9.17, 15) is 8.78 Å². The molecule has 0 fully saturated rings. The van der Waals surface area contributed by atoms with Gasteiger partial charge in [-0.3, -0.25) is 0 Å². The molecule has 1 aromatic rings. The zero-order chi connectivity index (χ0) is 13.4. The lowest BCUT2D eigenvalue weighted by atomic mass is 10.1. The Morgan fingerprint density at radius 1 is 1.28 bits per heavy atom. The van der Waals surface area contributed by atoms with Gasteiger partial charge in [-0.2, -0.15) is 0 Å². The normalized spacial score (nSPS) is 11.9. The van der Waals surface area contributed by atoms with Crippen LogP contribution in [0.4, 0.5) is 8.78 Å². The molecular formula is C14H19F2NO. The van der Waals surface area contributed by atoms with Gasteiger partial charge in [0.15, 0.2) is 11.6 Å². The highest BCUT2D eigenvalue weighted by atomic mass is 19.2. The van der Waals surface area contributed by atoms with Gasteiger partial charge in [0.1, 0.15) is 0 Å². The highest BCUT2D eigenvalue weighted by Crippen LogP contribution is 2.17. The van der Waals surface area contributed by atoms with Crippen LogP contribution in [0.2, 0.25) is 0 Å². The number of nitrogens with one attached hydrogen (secondary N) is 1. The average Bonchev–Trinajstić information content (AvgIpc) is 2.36. The Balaban J connectivity index is 2.43. The second kappa shape index (κ2) is 7.95. The molecule has 0 saturated heterocycles. The van der Waals surface area contributed by atoms with Crippen molar-refractivity contribution in [3.05, 3.63) is 41.5 Å². The van der Waals surface area contributed by atoms with Crippen molar-refractivity contribution in [2.45, 2.75) is 13.3 Å². The molecule has 1 rings (SSSR count). The minimum Gasteiger partial charge on any atom is -0.383 e. The summed E-state index contributed by atoms with van der Waals surface area (Å²) in [6.45, 7) is 4.23. The molecule has 4 heteroatoms. The van der Waals surface area contributed by atoms with Crippen LogP contribution in [0.5, 0.6) is 0 Å². The zero-order valence-corrected chi connectivity index (χ0v) is 10.8. The van der Waals surface area contributed by atoms with Gasteiger partial charge < -0.3 is 10.1 Å². The Kier molecular flexibility index (Phi) is 6.54. The summed E-state index contributed by atoms with van der Waals surface area (Å²) in [5.41, 5.74) is 1.66. The highest BCUT2D eigenvalue weighted by Gasteiger charge is 2.03. The summed E-state index contributed by atoms with van der Waals surface area (Å²) in [6.07, 6.45) is 2.85. The Labute approximate surface area is 107 Å². The first-order valence-corrected chi connectivity index (χ1v) is 5.97. The molecule has 0 radical (unpaired) electrons. The molecule has 0 saturated carbocycles. The minimum absolute atomic E-state index is 0.686. The van der Waals surface area contributed by atoms with Crippen molar-refractivity contribution in [1.82, 2.24) is 5.32 Å². The van der Waals surface area contributed by atoms with Gasteiger partial charge in [0.2, 0.25) is 0 Å². The van der Waals surface area contributed by atoms with Crippen LogP contribution >= 0.6 is 0 Å². The molecule has 1 aromatic carbocycles. The second-order valence-corrected chi connectivity index (χ2v) is 4.05. The standard InChI is InChI=1S/C14H19F2NO/c1-11(4-3-7-17-8-9-18-2)12-5-6-13(15)14(16)10-12/h4-6,10,17H,3,7-9H2,1-2H3. The van der Waals surface area contributed by atoms with E-state index in [2.05, 4.69) is 5.32 Å². The molecule has 1 N–H and O–H groups in total. The maximum absolute atomic E-state index is 13.0. The first kappa shape index (κ1) is 14.8. The van der Waals surface area contributed by atoms with E-state index in [-0.39, 0.29) is 0 Å². The fraction of sp³-hybridized carbons (Fsp3) is 0.429. The summed E-state index contributed by atoms with van der Waals surface area (Å²) in [4.78, 5) is 0. The van der Waals surface area contributed by atoms with Crippen LogP contribution in [-0.4, -0.2) is 26.8 Å². The van der Waals surface area contributed by atoms with E-state index in [4.69, 9.17) is 4.74 Å². The van der Waals surface area contributed by atoms with Crippen molar-refractivity contribution < 1.29 is 13.5 Å². The molecule has 0 unspecified atom stereocenters. The van der Waals surface area contributed by atoms with Crippen molar-refractivity contribution >= 4 is 5.57 Å². The predicted octanol–water partition coefficient (Wildman–Crippen LogP) is 2.99. The van der Waals surface area contributed by atoms with E-state index in [1.807, 2.05) is 13.0 Å². The van der Waals surface area contributed by atoms with Crippen molar-refractivity contribution in [2.24, 2.45) is 0 Å². The van der Waals surface area contributed by atoms with Gasteiger partial charge in [0.25, 0.3) is 0 Å². The first-order chi connectivity index (χ1) is 8.65. The van der Waals surface area contributed by atoms with Crippen LogP contribution in [0.3, 0.4) is 0 Å². The third-order valence-electron chi connectivity index (χ3n) is 2.63. The zero-order valence-electron chi connectivity index (χ0n) is 10.8. The van der Waals surface area contributed by atoms with E-state index in [0.29, 0.717) is 12.2 Å². The smallest absolute Gasteiger partial charge is 0.159 e. The summed E-state index contributed by atoms with van der Waals surface area (Å²) in [5, 5.41) is 3.21. The predicted molar refractivity (Wildman–Crippen MR) is 69.4 cm³/mol. The largest absolute Gasteiger partial charge is 0.383 e. The number of hydrogen-bond donors (Lipinski definition) is 1. The van der Waals surface area contributed by atoms with Gasteiger partial charge in [0.05, 0.1) is 6.61 Å². The highest BCUT2D eigenvalue weighted by molar-refractivity contribution is 5.63. The van der Waals surface area contributed by atoms with E-state index >= 15 is 0 Å². The van der Waals surface area contributed by atoms with Crippen molar-refractivity contribution in [3.63, 3.8) is 0 Å². The number of rotatable bonds is 7. The van der Waals surface area contributed by atoms with Gasteiger partial charge in [0, 0.05) is 13.7 Å². The monoisotopic (exact) mass is 255 g/mol. The van der Waals surface area contributed by atoms with Crippen LogP contribution in [0.25, 0.3) is 5.57 Å². The maximum atomic E-state index is 13.0. The first-order valence-electron chi connectivity index (χ1n) is 5.97. The van der Waals surface area contributed by atoms with Crippen LogP contribution in [0.15, 0.2) is 24.3 Å². The number of benzene rings is 1. The molecule has 0 aliphatic carbocycles. The molecule has 0 aromatic heterocycles. The Hall–Kier alpha value is -1.26. The quantitative estimate of drug-likeness (QED) is 0.756. The average molecular weight is 255 g/mol.